The van der Waals surface area contributed by atoms with E-state index in [1.165, 1.54) is 0 Å². The van der Waals surface area contributed by atoms with Crippen molar-refractivity contribution in [1.29, 1.82) is 5.26 Å². The van der Waals surface area contributed by atoms with Crippen LogP contribution in [0.15, 0.2) is 24.3 Å². The first-order valence-corrected chi connectivity index (χ1v) is 6.06. The van der Waals surface area contributed by atoms with Gasteiger partial charge in [-0.05, 0) is 43.2 Å². The Morgan fingerprint density at radius 3 is 2.79 bits per heavy atom. The molecule has 0 aromatic heterocycles. The Bertz CT molecular complexity index is 529. The summed E-state index contributed by atoms with van der Waals surface area (Å²) in [5.74, 6) is -0.988. The number of hydrogen-bond acceptors (Lipinski definition) is 3. The molecule has 0 aliphatic carbocycles. The van der Waals surface area contributed by atoms with Gasteiger partial charge in [-0.15, -0.1) is 0 Å². The maximum Gasteiger partial charge on any atom is 0.328 e. The van der Waals surface area contributed by atoms with E-state index in [9.17, 15) is 4.79 Å². The summed E-state index contributed by atoms with van der Waals surface area (Å²) in [7, 11) is 1.95. The number of rotatable bonds is 5. The van der Waals surface area contributed by atoms with Crippen molar-refractivity contribution < 1.29 is 9.90 Å². The van der Waals surface area contributed by atoms with Gasteiger partial charge < -0.3 is 10.0 Å². The maximum absolute atomic E-state index is 10.5. The summed E-state index contributed by atoms with van der Waals surface area (Å²) in [4.78, 5) is 12.5. The second-order valence-electron chi connectivity index (χ2n) is 4.63. The smallest absolute Gasteiger partial charge is 0.328 e. The predicted molar refractivity (Wildman–Crippen MR) is 75.9 cm³/mol. The van der Waals surface area contributed by atoms with E-state index < -0.39 is 5.97 Å². The average molecular weight is 258 g/mol. The van der Waals surface area contributed by atoms with E-state index in [0.717, 1.165) is 22.9 Å². The highest BCUT2D eigenvalue weighted by atomic mass is 16.4. The summed E-state index contributed by atoms with van der Waals surface area (Å²) >= 11 is 0. The minimum atomic E-state index is -0.957. The Hall–Kier alpha value is -2.28. The molecule has 0 saturated carbocycles. The molecule has 1 aromatic carbocycles. The Morgan fingerprint density at radius 2 is 2.26 bits per heavy atom. The van der Waals surface area contributed by atoms with Gasteiger partial charge in [-0.25, -0.2) is 4.79 Å². The number of nitrogens with zero attached hydrogens (tertiary/aromatic N) is 2. The van der Waals surface area contributed by atoms with Gasteiger partial charge in [0.2, 0.25) is 0 Å². The number of carbonyl (C=O) groups is 1. The first kappa shape index (κ1) is 14.8. The second kappa shape index (κ2) is 6.60. The topological polar surface area (TPSA) is 64.3 Å². The summed E-state index contributed by atoms with van der Waals surface area (Å²) in [6, 6.07) is 7.96. The van der Waals surface area contributed by atoms with E-state index in [-0.39, 0.29) is 5.92 Å². The van der Waals surface area contributed by atoms with Crippen molar-refractivity contribution in [3.8, 4) is 6.07 Å². The van der Waals surface area contributed by atoms with Crippen LogP contribution in [0.5, 0.6) is 0 Å². The molecular formula is C15H18N2O2. The monoisotopic (exact) mass is 258 g/mol. The van der Waals surface area contributed by atoms with Gasteiger partial charge in [0.25, 0.3) is 0 Å². The molecule has 0 aliphatic heterocycles. The van der Waals surface area contributed by atoms with E-state index in [1.54, 1.807) is 6.08 Å². The molecule has 0 heterocycles. The fourth-order valence-corrected chi connectivity index (χ4v) is 1.93. The van der Waals surface area contributed by atoms with Gasteiger partial charge in [-0.1, -0.05) is 6.07 Å². The standard InChI is InChI=1S/C15H18N2O2/c1-11(9-16)10-17(3)14-6-4-13(8-12(14)2)5-7-15(18)19/h4-8,11H,10H2,1-3H3,(H,18,19). The largest absolute Gasteiger partial charge is 0.478 e. The highest BCUT2D eigenvalue weighted by molar-refractivity contribution is 5.85. The normalized spacial score (nSPS) is 12.1. The molecule has 0 aliphatic rings. The van der Waals surface area contributed by atoms with Gasteiger partial charge in [0.15, 0.2) is 0 Å². The number of hydrogen-bond donors (Lipinski definition) is 1. The summed E-state index contributed by atoms with van der Waals surface area (Å²) in [5, 5.41) is 17.4. The fraction of sp³-hybridized carbons (Fsp3) is 0.333. The molecule has 1 rings (SSSR count). The van der Waals surface area contributed by atoms with Crippen LogP contribution in [-0.4, -0.2) is 24.7 Å². The Kier molecular flexibility index (Phi) is 5.13. The zero-order valence-electron chi connectivity index (χ0n) is 11.4. The molecule has 100 valence electrons. The highest BCUT2D eigenvalue weighted by Gasteiger charge is 2.08. The third-order valence-electron chi connectivity index (χ3n) is 2.82. The van der Waals surface area contributed by atoms with Crippen molar-refractivity contribution in [3.05, 3.63) is 35.4 Å². The van der Waals surface area contributed by atoms with Crippen LogP contribution < -0.4 is 4.90 Å². The van der Waals surface area contributed by atoms with Crippen LogP contribution in [0.4, 0.5) is 5.69 Å². The van der Waals surface area contributed by atoms with Crippen LogP contribution in [0.2, 0.25) is 0 Å². The molecule has 0 bridgehead atoms. The van der Waals surface area contributed by atoms with Crippen molar-refractivity contribution in [3.63, 3.8) is 0 Å². The van der Waals surface area contributed by atoms with Gasteiger partial charge >= 0.3 is 5.97 Å². The van der Waals surface area contributed by atoms with Crippen LogP contribution in [0.3, 0.4) is 0 Å². The number of anilines is 1. The zero-order chi connectivity index (χ0) is 14.4. The first-order chi connectivity index (χ1) is 8.93. The number of nitriles is 1. The quantitative estimate of drug-likeness (QED) is 0.825. The average Bonchev–Trinajstić information content (AvgIpc) is 2.35. The van der Waals surface area contributed by atoms with Crippen LogP contribution >= 0.6 is 0 Å². The molecule has 4 nitrogen and oxygen atoms in total. The van der Waals surface area contributed by atoms with Crippen molar-refractivity contribution in [2.45, 2.75) is 13.8 Å². The minimum Gasteiger partial charge on any atom is -0.478 e. The molecule has 1 atom stereocenters. The van der Waals surface area contributed by atoms with E-state index in [0.29, 0.717) is 6.54 Å². The van der Waals surface area contributed by atoms with Crippen LogP contribution in [-0.2, 0) is 4.79 Å². The third-order valence-corrected chi connectivity index (χ3v) is 2.82. The summed E-state index contributed by atoms with van der Waals surface area (Å²) in [5.41, 5.74) is 2.96. The van der Waals surface area contributed by atoms with Gasteiger partial charge in [0, 0.05) is 25.4 Å². The van der Waals surface area contributed by atoms with Gasteiger partial charge in [-0.3, -0.25) is 0 Å². The molecule has 0 amide bonds. The van der Waals surface area contributed by atoms with Gasteiger partial charge in [0.1, 0.15) is 0 Å². The SMILES string of the molecule is Cc1cc(C=CC(=O)O)ccc1N(C)CC(C)C#N. The van der Waals surface area contributed by atoms with Crippen LogP contribution in [0, 0.1) is 24.2 Å². The lowest BCUT2D eigenvalue weighted by molar-refractivity contribution is -0.131. The molecule has 0 spiro atoms. The molecule has 19 heavy (non-hydrogen) atoms. The number of aryl methyl sites for hydroxylation is 1. The predicted octanol–water partition coefficient (Wildman–Crippen LogP) is 2.69. The molecule has 0 fully saturated rings. The van der Waals surface area contributed by atoms with E-state index in [2.05, 4.69) is 6.07 Å². The van der Waals surface area contributed by atoms with E-state index >= 15 is 0 Å². The van der Waals surface area contributed by atoms with Crippen molar-refractivity contribution >= 4 is 17.7 Å². The molecular weight excluding hydrogens is 240 g/mol. The number of carboxylic acids is 1. The number of benzene rings is 1. The van der Waals surface area contributed by atoms with Gasteiger partial charge in [-0.2, -0.15) is 5.26 Å². The lowest BCUT2D eigenvalue weighted by atomic mass is 10.1. The molecule has 1 N–H and O–H groups in total. The third kappa shape index (κ3) is 4.47. The summed E-state index contributed by atoms with van der Waals surface area (Å²) in [6.45, 7) is 4.53. The zero-order valence-corrected chi connectivity index (χ0v) is 11.4. The minimum absolute atomic E-state index is 0.0315. The molecule has 0 radical (unpaired) electrons. The highest BCUT2D eigenvalue weighted by Crippen LogP contribution is 2.21. The molecule has 4 heteroatoms. The lowest BCUT2D eigenvalue weighted by Gasteiger charge is -2.22. The van der Waals surface area contributed by atoms with Crippen LogP contribution in [0.25, 0.3) is 6.08 Å². The molecule has 1 unspecified atom stereocenters. The Labute approximate surface area is 113 Å². The van der Waals surface area contributed by atoms with Gasteiger partial charge in [0.05, 0.1) is 12.0 Å². The maximum atomic E-state index is 10.5. The summed E-state index contributed by atoms with van der Waals surface area (Å²) < 4.78 is 0. The number of aliphatic carboxylic acids is 1. The Morgan fingerprint density at radius 1 is 1.58 bits per heavy atom. The number of carboxylic acid groups (broad SMARTS) is 1. The van der Waals surface area contributed by atoms with Crippen LogP contribution in [0.1, 0.15) is 18.1 Å². The van der Waals surface area contributed by atoms with E-state index in [4.69, 9.17) is 10.4 Å². The van der Waals surface area contributed by atoms with E-state index in [1.807, 2.05) is 44.0 Å². The molecule has 0 saturated heterocycles. The Balaban J connectivity index is 2.88. The lowest BCUT2D eigenvalue weighted by Crippen LogP contribution is -2.23. The fourth-order valence-electron chi connectivity index (χ4n) is 1.93. The first-order valence-electron chi connectivity index (χ1n) is 6.06. The van der Waals surface area contributed by atoms with Crippen molar-refractivity contribution in [1.82, 2.24) is 0 Å². The summed E-state index contributed by atoms with van der Waals surface area (Å²) in [6.07, 6.45) is 2.69. The second-order valence-corrected chi connectivity index (χ2v) is 4.63. The van der Waals surface area contributed by atoms with Crippen molar-refractivity contribution in [2.75, 3.05) is 18.5 Å². The van der Waals surface area contributed by atoms with Crippen molar-refractivity contribution in [2.24, 2.45) is 5.92 Å². The molecule has 1 aromatic rings.